The molecule has 0 radical (unpaired) electrons. The number of rotatable bonds is 20. The fourth-order valence-electron chi connectivity index (χ4n) is 8.93. The van der Waals surface area contributed by atoms with Gasteiger partial charge in [0.25, 0.3) is 0 Å². The van der Waals surface area contributed by atoms with Crippen molar-refractivity contribution in [3.63, 3.8) is 0 Å². The molecule has 0 saturated heterocycles. The van der Waals surface area contributed by atoms with Gasteiger partial charge in [0.1, 0.15) is 23.9 Å². The lowest BCUT2D eigenvalue weighted by Gasteiger charge is -2.58. The number of unbranched alkanes of at least 4 members (excludes halogenated alkanes) is 2. The summed E-state index contributed by atoms with van der Waals surface area (Å²) < 4.78 is 21.0. The van der Waals surface area contributed by atoms with Crippen LogP contribution in [0.1, 0.15) is 69.0 Å². The van der Waals surface area contributed by atoms with Crippen LogP contribution in [-0.4, -0.2) is 69.1 Å². The zero-order chi connectivity index (χ0) is 39.5. The van der Waals surface area contributed by atoms with E-state index in [2.05, 4.69) is 53.0 Å². The van der Waals surface area contributed by atoms with Crippen LogP contribution in [0.15, 0.2) is 121 Å². The first kappa shape index (κ1) is 40.7. The van der Waals surface area contributed by atoms with E-state index in [1.54, 1.807) is 18.5 Å². The third-order valence-corrected chi connectivity index (χ3v) is 12.8. The van der Waals surface area contributed by atoms with Gasteiger partial charge in [-0.25, -0.2) is 0 Å². The summed E-state index contributed by atoms with van der Waals surface area (Å²) in [4.78, 5) is 14.7. The second-order valence-electron chi connectivity index (χ2n) is 15.0. The van der Waals surface area contributed by atoms with Gasteiger partial charge in [0.15, 0.2) is 0 Å². The molecule has 1 fully saturated rings. The lowest BCUT2D eigenvalue weighted by atomic mass is 9.56. The van der Waals surface area contributed by atoms with Crippen molar-refractivity contribution < 1.29 is 29.3 Å². The molecule has 2 aliphatic carbocycles. The van der Waals surface area contributed by atoms with Gasteiger partial charge < -0.3 is 29.3 Å². The molecule has 9 nitrogen and oxygen atoms in total. The maximum Gasteiger partial charge on any atom is 0.230 e. The number of benzene rings is 3. The Morgan fingerprint density at radius 3 is 2.46 bits per heavy atom. The molecule has 0 spiro atoms. The number of ether oxygens (including phenoxy) is 3. The predicted molar refractivity (Wildman–Crippen MR) is 227 cm³/mol. The van der Waals surface area contributed by atoms with Crippen molar-refractivity contribution in [3.8, 4) is 28.4 Å². The van der Waals surface area contributed by atoms with Crippen molar-refractivity contribution in [1.29, 1.82) is 0 Å². The number of hydrogen-bond acceptors (Lipinski definition) is 10. The maximum absolute atomic E-state index is 9.92. The minimum Gasteiger partial charge on any atom is -0.460 e. The first-order valence-electron chi connectivity index (χ1n) is 20.5. The molecule has 0 amide bonds. The number of aliphatic hydroxyl groups is 2. The number of hydrogen-bond donors (Lipinski definition) is 2. The molecule has 300 valence electrons. The molecule has 0 bridgehead atoms. The minimum absolute atomic E-state index is 0.0180. The molecule has 1 saturated carbocycles. The van der Waals surface area contributed by atoms with Gasteiger partial charge in [0.05, 0.1) is 29.2 Å². The van der Waals surface area contributed by atoms with E-state index in [1.807, 2.05) is 67.3 Å². The molecular weight excluding hydrogens is 735 g/mol. The molecule has 2 N–H and O–H groups in total. The van der Waals surface area contributed by atoms with E-state index >= 15 is 0 Å². The summed E-state index contributed by atoms with van der Waals surface area (Å²) >= 11 is 1.82. The summed E-state index contributed by atoms with van der Waals surface area (Å²) in [5.74, 6) is 2.22. The molecule has 1 aliphatic heterocycles. The van der Waals surface area contributed by atoms with Crippen molar-refractivity contribution in [2.24, 2.45) is 22.9 Å². The zero-order valence-corrected chi connectivity index (χ0v) is 33.7. The molecule has 57 heavy (non-hydrogen) atoms. The maximum atomic E-state index is 9.92. The fraction of sp³-hybridized carbons (Fsp3) is 0.426. The fourth-order valence-corrected chi connectivity index (χ4v) is 10.3. The van der Waals surface area contributed by atoms with Gasteiger partial charge >= 0.3 is 0 Å². The quantitative estimate of drug-likeness (QED) is 0.0513. The van der Waals surface area contributed by atoms with Crippen molar-refractivity contribution >= 4 is 17.5 Å². The van der Waals surface area contributed by atoms with Gasteiger partial charge in [-0.15, -0.1) is 6.58 Å². The molecule has 10 heteroatoms. The van der Waals surface area contributed by atoms with Crippen LogP contribution in [0.2, 0.25) is 0 Å². The third kappa shape index (κ3) is 9.31. The monoisotopic (exact) mass is 789 g/mol. The van der Waals surface area contributed by atoms with E-state index in [9.17, 15) is 10.2 Å². The van der Waals surface area contributed by atoms with Crippen LogP contribution in [0.3, 0.4) is 0 Å². The normalized spacial score (nSPS) is 24.2. The molecule has 6 unspecified atom stereocenters. The van der Waals surface area contributed by atoms with E-state index in [0.717, 1.165) is 102 Å². The topological polar surface area (TPSA) is 116 Å². The molecule has 3 aromatic carbocycles. The van der Waals surface area contributed by atoms with Crippen LogP contribution in [0.25, 0.3) is 11.1 Å². The number of nitrogens with zero attached hydrogens (tertiary/aromatic N) is 3. The van der Waals surface area contributed by atoms with Crippen LogP contribution in [0.5, 0.6) is 17.2 Å². The van der Waals surface area contributed by atoms with E-state index in [0.29, 0.717) is 19.6 Å². The largest absolute Gasteiger partial charge is 0.460 e. The molecular formula is C47H55N3O6S. The van der Waals surface area contributed by atoms with E-state index in [1.165, 1.54) is 0 Å². The number of oxime groups is 1. The lowest BCUT2D eigenvalue weighted by molar-refractivity contribution is -0.223. The molecule has 2 heterocycles. The highest BCUT2D eigenvalue weighted by Crippen LogP contribution is 2.62. The lowest BCUT2D eigenvalue weighted by Crippen LogP contribution is -2.64. The van der Waals surface area contributed by atoms with Crippen LogP contribution in [0, 0.1) is 17.8 Å². The van der Waals surface area contributed by atoms with Crippen molar-refractivity contribution in [2.45, 2.75) is 75.2 Å². The summed E-state index contributed by atoms with van der Waals surface area (Å²) in [6.07, 6.45) is 16.0. The zero-order valence-electron chi connectivity index (χ0n) is 32.9. The standard InChI is InChI=1S/C47H55N3O6S/c1-3-27-53-47-44(57-28-22-36-32-48-23-24-49-36)31-42(50-54-4-2)40-29-35(14-8-10-25-51)39(15-9-11-26-52)45(46(40)47)41-30-38(20-21-43(41)56-47)55-37-18-16-34(17-19-37)33-12-6-5-7-13-33/h3,5-7,12-13,16-21,23-24,29-30,32,35,39,44-46,51-52H,1,4,8-11,14-15,22,25-28,31H2,2H3. The van der Waals surface area contributed by atoms with Gasteiger partial charge in [-0.05, 0) is 97.2 Å². The predicted octanol–water partition coefficient (Wildman–Crippen LogP) is 9.57. The number of allylic oxidation sites excluding steroid dienone is 1. The van der Waals surface area contributed by atoms with Crippen molar-refractivity contribution in [2.75, 3.05) is 32.2 Å². The highest BCUT2D eigenvalue weighted by Gasteiger charge is 2.64. The number of fused-ring (bicyclic) bond motifs is 2. The van der Waals surface area contributed by atoms with Crippen LogP contribution in [-0.2, 0) is 16.0 Å². The van der Waals surface area contributed by atoms with Crippen LogP contribution in [0.4, 0.5) is 0 Å². The third-order valence-electron chi connectivity index (χ3n) is 11.4. The summed E-state index contributed by atoms with van der Waals surface area (Å²) in [7, 11) is 0. The van der Waals surface area contributed by atoms with E-state index in [4.69, 9.17) is 24.2 Å². The summed E-state index contributed by atoms with van der Waals surface area (Å²) in [6.45, 7) is 7.11. The Morgan fingerprint density at radius 1 is 0.947 bits per heavy atom. The number of thioether (sulfide) groups is 1. The second kappa shape index (κ2) is 19.8. The minimum atomic E-state index is -1.03. The van der Waals surface area contributed by atoms with Gasteiger partial charge in [-0.3, -0.25) is 9.97 Å². The Kier molecular flexibility index (Phi) is 14.1. The van der Waals surface area contributed by atoms with E-state index < -0.39 is 5.79 Å². The molecule has 6 atom stereocenters. The molecule has 4 aromatic rings. The van der Waals surface area contributed by atoms with Crippen LogP contribution >= 0.6 is 11.8 Å². The summed E-state index contributed by atoms with van der Waals surface area (Å²) in [5, 5.41) is 24.4. The van der Waals surface area contributed by atoms with Crippen molar-refractivity contribution in [3.05, 3.63) is 127 Å². The van der Waals surface area contributed by atoms with Gasteiger partial charge in [0, 0.05) is 56.1 Å². The number of aliphatic hydroxyl groups excluding tert-OH is 2. The summed E-state index contributed by atoms with van der Waals surface area (Å²) in [6, 6.07) is 24.8. The first-order chi connectivity index (χ1) is 28.1. The highest BCUT2D eigenvalue weighted by atomic mass is 32.2. The highest BCUT2D eigenvalue weighted by molar-refractivity contribution is 8.00. The van der Waals surface area contributed by atoms with Gasteiger partial charge in [-0.2, -0.15) is 11.8 Å². The Balaban J connectivity index is 1.32. The molecule has 7 rings (SSSR count). The van der Waals surface area contributed by atoms with Gasteiger partial charge in [0.2, 0.25) is 5.79 Å². The molecule has 3 aliphatic rings. The summed E-state index contributed by atoms with van der Waals surface area (Å²) in [5.41, 5.74) is 6.36. The molecule has 1 aromatic heterocycles. The average Bonchev–Trinajstić information content (AvgIpc) is 3.25. The number of aromatic nitrogens is 2. The smallest absolute Gasteiger partial charge is 0.230 e. The second-order valence-corrected chi connectivity index (χ2v) is 16.3. The number of aryl methyl sites for hydroxylation is 1. The van der Waals surface area contributed by atoms with Gasteiger partial charge in [-0.1, -0.05) is 72.6 Å². The first-order valence-corrected chi connectivity index (χ1v) is 21.5. The van der Waals surface area contributed by atoms with Crippen LogP contribution < -0.4 is 9.47 Å². The Bertz CT molecular complexity index is 1960. The Hall–Kier alpha value is -4.48. The Labute approximate surface area is 341 Å². The van der Waals surface area contributed by atoms with Crippen molar-refractivity contribution in [1.82, 2.24) is 9.97 Å². The average molecular weight is 790 g/mol. The SMILES string of the molecule is C=CCOC12Oc3ccc(Oc4ccc(-c5ccccc5)cc4)cc3C3C(CCCCO)C(CCCCO)C=C(C(=NOCC)CC1SCCc1cnccn1)C32. The van der Waals surface area contributed by atoms with E-state index in [-0.39, 0.29) is 42.1 Å². The Morgan fingerprint density at radius 2 is 1.72 bits per heavy atom.